The van der Waals surface area contributed by atoms with Crippen LogP contribution in [0.25, 0.3) is 0 Å². The zero-order valence-electron chi connectivity index (χ0n) is 13.0. The largest absolute Gasteiger partial charge is 0.439 e. The van der Waals surface area contributed by atoms with Crippen LogP contribution in [-0.2, 0) is 6.42 Å². The Hall–Kier alpha value is -1.87. The van der Waals surface area contributed by atoms with E-state index in [-0.39, 0.29) is 6.04 Å². The molecule has 0 aliphatic carbocycles. The lowest BCUT2D eigenvalue weighted by Crippen LogP contribution is -2.17. The number of ether oxygens (including phenoxy) is 1. The van der Waals surface area contributed by atoms with Crippen molar-refractivity contribution in [3.8, 4) is 11.6 Å². The van der Waals surface area contributed by atoms with E-state index in [2.05, 4.69) is 24.9 Å². The van der Waals surface area contributed by atoms with Gasteiger partial charge in [-0.25, -0.2) is 4.98 Å². The first kappa shape index (κ1) is 15.5. The molecule has 0 saturated heterocycles. The summed E-state index contributed by atoms with van der Waals surface area (Å²) in [5.41, 5.74) is 8.15. The number of nitrogens with zero attached hydrogens (tertiary/aromatic N) is 1. The van der Waals surface area contributed by atoms with Gasteiger partial charge >= 0.3 is 0 Å². The highest BCUT2D eigenvalue weighted by Gasteiger charge is 2.10. The fraction of sp³-hybridized carbons (Fsp3) is 0.389. The summed E-state index contributed by atoms with van der Waals surface area (Å²) in [6, 6.07) is 12.2. The molecule has 2 N–H and O–H groups in total. The summed E-state index contributed by atoms with van der Waals surface area (Å²) in [5.74, 6) is 1.98. The van der Waals surface area contributed by atoms with Crippen molar-refractivity contribution in [1.29, 1.82) is 0 Å². The molecule has 0 saturated carbocycles. The molecule has 2 unspecified atom stereocenters. The number of aromatic nitrogens is 1. The molecule has 3 nitrogen and oxygen atoms in total. The summed E-state index contributed by atoms with van der Waals surface area (Å²) in [5, 5.41) is 0. The molecule has 112 valence electrons. The molecule has 0 spiro atoms. The lowest BCUT2D eigenvalue weighted by atomic mass is 9.98. The molecule has 21 heavy (non-hydrogen) atoms. The third kappa shape index (κ3) is 4.30. The van der Waals surface area contributed by atoms with Crippen molar-refractivity contribution in [2.24, 2.45) is 5.73 Å². The molecule has 0 aliphatic heterocycles. The number of hydrogen-bond donors (Lipinski definition) is 1. The van der Waals surface area contributed by atoms with Gasteiger partial charge in [0.05, 0.1) is 0 Å². The predicted octanol–water partition coefficient (Wildman–Crippen LogP) is 4.28. The molecule has 0 amide bonds. The topological polar surface area (TPSA) is 48.1 Å². The van der Waals surface area contributed by atoms with Crippen LogP contribution in [0.3, 0.4) is 0 Å². The Kier molecular flexibility index (Phi) is 5.34. The van der Waals surface area contributed by atoms with Gasteiger partial charge in [0.2, 0.25) is 5.88 Å². The minimum Gasteiger partial charge on any atom is -0.439 e. The maximum Gasteiger partial charge on any atom is 0.219 e. The highest BCUT2D eigenvalue weighted by Crippen LogP contribution is 2.31. The molecular formula is C18H24N2O. The highest BCUT2D eigenvalue weighted by molar-refractivity contribution is 5.38. The smallest absolute Gasteiger partial charge is 0.219 e. The van der Waals surface area contributed by atoms with E-state index in [0.717, 1.165) is 24.2 Å². The Bertz CT molecular complexity index is 564. The maximum atomic E-state index is 5.95. The van der Waals surface area contributed by atoms with E-state index >= 15 is 0 Å². The Balaban J connectivity index is 2.15. The molecule has 2 aromatic rings. The molecule has 0 radical (unpaired) electrons. The number of hydrogen-bond acceptors (Lipinski definition) is 3. The second-order valence-electron chi connectivity index (χ2n) is 5.64. The second kappa shape index (κ2) is 7.23. The fourth-order valence-electron chi connectivity index (χ4n) is 2.28. The minimum absolute atomic E-state index is 0.143. The first-order chi connectivity index (χ1) is 10.1. The van der Waals surface area contributed by atoms with Crippen molar-refractivity contribution >= 4 is 0 Å². The Labute approximate surface area is 127 Å². The average molecular weight is 284 g/mol. The van der Waals surface area contributed by atoms with E-state index in [1.807, 2.05) is 43.5 Å². The highest BCUT2D eigenvalue weighted by atomic mass is 16.5. The molecule has 1 aromatic heterocycles. The van der Waals surface area contributed by atoms with Gasteiger partial charge in [0, 0.05) is 18.3 Å². The van der Waals surface area contributed by atoms with Crippen LogP contribution >= 0.6 is 0 Å². The van der Waals surface area contributed by atoms with E-state index in [0.29, 0.717) is 11.8 Å². The van der Waals surface area contributed by atoms with Crippen molar-refractivity contribution < 1.29 is 4.74 Å². The summed E-state index contributed by atoms with van der Waals surface area (Å²) < 4.78 is 5.95. The van der Waals surface area contributed by atoms with Crippen molar-refractivity contribution in [1.82, 2.24) is 4.98 Å². The first-order valence-electron chi connectivity index (χ1n) is 7.57. The molecular weight excluding hydrogens is 260 g/mol. The summed E-state index contributed by atoms with van der Waals surface area (Å²) in [7, 11) is 0. The summed E-state index contributed by atoms with van der Waals surface area (Å²) >= 11 is 0. The number of para-hydroxylation sites is 1. The van der Waals surface area contributed by atoms with E-state index in [9.17, 15) is 0 Å². The van der Waals surface area contributed by atoms with Gasteiger partial charge in [-0.2, -0.15) is 0 Å². The van der Waals surface area contributed by atoms with Crippen LogP contribution < -0.4 is 10.5 Å². The van der Waals surface area contributed by atoms with E-state index in [1.165, 1.54) is 5.56 Å². The van der Waals surface area contributed by atoms with Crippen molar-refractivity contribution in [3.05, 3.63) is 53.7 Å². The maximum absolute atomic E-state index is 5.95. The predicted molar refractivity (Wildman–Crippen MR) is 86.8 cm³/mol. The van der Waals surface area contributed by atoms with E-state index in [4.69, 9.17) is 10.5 Å². The quantitative estimate of drug-likeness (QED) is 0.861. The average Bonchev–Trinajstić information content (AvgIpc) is 2.48. The standard InChI is InChI=1S/C18H24N2O/c1-4-13(2)16-7-5-6-8-17(16)21-18-10-9-15(12-20-18)11-14(3)19/h5-10,12-14H,4,11,19H2,1-3H3. The Morgan fingerprint density at radius 2 is 1.90 bits per heavy atom. The molecule has 0 bridgehead atoms. The third-order valence-electron chi connectivity index (χ3n) is 3.63. The molecule has 2 atom stereocenters. The van der Waals surface area contributed by atoms with E-state index < -0.39 is 0 Å². The van der Waals surface area contributed by atoms with Crippen LogP contribution in [0.1, 0.15) is 44.2 Å². The third-order valence-corrected chi connectivity index (χ3v) is 3.63. The SMILES string of the molecule is CCC(C)c1ccccc1Oc1ccc(CC(C)N)cn1. The van der Waals surface area contributed by atoms with Crippen molar-refractivity contribution in [3.63, 3.8) is 0 Å². The lowest BCUT2D eigenvalue weighted by Gasteiger charge is -2.15. The van der Waals surface area contributed by atoms with Gasteiger partial charge in [0.25, 0.3) is 0 Å². The number of nitrogens with two attached hydrogens (primary N) is 1. The zero-order chi connectivity index (χ0) is 15.2. The van der Waals surface area contributed by atoms with Gasteiger partial charge in [0.15, 0.2) is 0 Å². The zero-order valence-corrected chi connectivity index (χ0v) is 13.0. The van der Waals surface area contributed by atoms with Crippen LogP contribution in [0.15, 0.2) is 42.6 Å². The van der Waals surface area contributed by atoms with Gasteiger partial charge in [-0.1, -0.05) is 38.1 Å². The number of benzene rings is 1. The van der Waals surface area contributed by atoms with Crippen LogP contribution in [0, 0.1) is 0 Å². The van der Waals surface area contributed by atoms with Crippen molar-refractivity contribution in [2.75, 3.05) is 0 Å². The molecule has 1 aromatic carbocycles. The number of pyridine rings is 1. The molecule has 3 heteroatoms. The van der Waals surface area contributed by atoms with Gasteiger partial charge in [0.1, 0.15) is 5.75 Å². The monoisotopic (exact) mass is 284 g/mol. The van der Waals surface area contributed by atoms with Crippen LogP contribution in [0.4, 0.5) is 0 Å². The lowest BCUT2D eigenvalue weighted by molar-refractivity contribution is 0.451. The fourth-order valence-corrected chi connectivity index (χ4v) is 2.28. The van der Waals surface area contributed by atoms with Crippen LogP contribution in [0.2, 0.25) is 0 Å². The van der Waals surface area contributed by atoms with Gasteiger partial charge in [-0.15, -0.1) is 0 Å². The minimum atomic E-state index is 0.143. The Morgan fingerprint density at radius 3 is 2.52 bits per heavy atom. The van der Waals surface area contributed by atoms with Crippen LogP contribution in [-0.4, -0.2) is 11.0 Å². The van der Waals surface area contributed by atoms with Gasteiger partial charge < -0.3 is 10.5 Å². The molecule has 2 rings (SSSR count). The summed E-state index contributed by atoms with van der Waals surface area (Å²) in [4.78, 5) is 4.38. The van der Waals surface area contributed by atoms with E-state index in [1.54, 1.807) is 0 Å². The normalized spacial score (nSPS) is 13.7. The van der Waals surface area contributed by atoms with Crippen molar-refractivity contribution in [2.45, 2.75) is 45.6 Å². The molecule has 1 heterocycles. The van der Waals surface area contributed by atoms with Crippen LogP contribution in [0.5, 0.6) is 11.6 Å². The summed E-state index contributed by atoms with van der Waals surface area (Å²) in [6.07, 6.45) is 3.75. The second-order valence-corrected chi connectivity index (χ2v) is 5.64. The number of rotatable bonds is 6. The molecule has 0 fully saturated rings. The summed E-state index contributed by atoms with van der Waals surface area (Å²) in [6.45, 7) is 6.39. The van der Waals surface area contributed by atoms with Gasteiger partial charge in [-0.05, 0) is 42.9 Å². The Morgan fingerprint density at radius 1 is 1.14 bits per heavy atom. The van der Waals surface area contributed by atoms with Gasteiger partial charge in [-0.3, -0.25) is 0 Å². The molecule has 0 aliphatic rings. The first-order valence-corrected chi connectivity index (χ1v) is 7.57.